The molecule has 1 N–H and O–H groups in total. The van der Waals surface area contributed by atoms with Crippen LogP contribution in [-0.4, -0.2) is 57.1 Å². The highest BCUT2D eigenvalue weighted by atomic mass is 32.1. The number of hydrogen-bond donors (Lipinski definition) is 1. The molecule has 0 radical (unpaired) electrons. The Hall–Kier alpha value is -2.26. The molecule has 0 saturated carbocycles. The van der Waals surface area contributed by atoms with Gasteiger partial charge in [0.25, 0.3) is 11.5 Å². The molecule has 1 aliphatic rings. The number of fused-ring (bicyclic) bond motifs is 1. The number of carboxylic acid groups (broad SMARTS) is 1. The van der Waals surface area contributed by atoms with Crippen LogP contribution in [0.1, 0.15) is 20.9 Å². The van der Waals surface area contributed by atoms with Crippen LogP contribution in [0.3, 0.4) is 0 Å². The molecule has 1 fully saturated rings. The summed E-state index contributed by atoms with van der Waals surface area (Å²) in [7, 11) is 0. The monoisotopic (exact) mass is 337 g/mol. The second-order valence-electron chi connectivity index (χ2n) is 5.27. The molecule has 0 spiro atoms. The van der Waals surface area contributed by atoms with Crippen LogP contribution in [0.15, 0.2) is 11.0 Å². The lowest BCUT2D eigenvalue weighted by Gasteiger charge is -2.32. The number of aryl methyl sites for hydroxylation is 2. The summed E-state index contributed by atoms with van der Waals surface area (Å²) in [5, 5.41) is 9.22. The molecule has 23 heavy (non-hydrogen) atoms. The Morgan fingerprint density at radius 1 is 1.43 bits per heavy atom. The van der Waals surface area contributed by atoms with E-state index in [0.717, 1.165) is 15.5 Å². The maximum absolute atomic E-state index is 12.7. The topological polar surface area (TPSA) is 101 Å². The summed E-state index contributed by atoms with van der Waals surface area (Å²) < 4.78 is 6.50. The molecule has 2 aromatic rings. The van der Waals surface area contributed by atoms with Gasteiger partial charge in [0.15, 0.2) is 11.0 Å². The molecule has 3 rings (SSSR count). The van der Waals surface area contributed by atoms with Gasteiger partial charge in [-0.3, -0.25) is 14.0 Å². The fourth-order valence-electron chi connectivity index (χ4n) is 2.53. The summed E-state index contributed by atoms with van der Waals surface area (Å²) in [4.78, 5) is 43.3. The molecular formula is C14H15N3O5S. The van der Waals surface area contributed by atoms with Crippen LogP contribution in [0.2, 0.25) is 0 Å². The fraction of sp³-hybridized carbons (Fsp3) is 0.429. The lowest BCUT2D eigenvalue weighted by molar-refractivity contribution is -0.147. The van der Waals surface area contributed by atoms with Gasteiger partial charge in [-0.05, 0) is 13.8 Å². The van der Waals surface area contributed by atoms with Crippen molar-refractivity contribution in [2.24, 2.45) is 0 Å². The summed E-state index contributed by atoms with van der Waals surface area (Å²) in [5.41, 5.74) is 0.128. The van der Waals surface area contributed by atoms with E-state index in [4.69, 9.17) is 4.74 Å². The first kappa shape index (κ1) is 15.6. The molecule has 122 valence electrons. The molecule has 9 heteroatoms. The predicted molar refractivity (Wildman–Crippen MR) is 82.1 cm³/mol. The van der Waals surface area contributed by atoms with Crippen LogP contribution in [0.25, 0.3) is 4.96 Å². The number of amides is 1. The first-order valence-corrected chi connectivity index (χ1v) is 7.82. The normalized spacial score (nSPS) is 18.3. The number of carbonyl (C=O) groups excluding carboxylic acids is 1. The van der Waals surface area contributed by atoms with Crippen molar-refractivity contribution in [3.05, 3.63) is 32.7 Å². The number of hydrogen-bond acceptors (Lipinski definition) is 6. The molecule has 2 aromatic heterocycles. The number of nitrogens with zero attached hydrogens (tertiary/aromatic N) is 3. The minimum Gasteiger partial charge on any atom is -0.480 e. The van der Waals surface area contributed by atoms with E-state index in [1.54, 1.807) is 6.92 Å². The lowest BCUT2D eigenvalue weighted by Crippen LogP contribution is -2.53. The Morgan fingerprint density at radius 3 is 2.87 bits per heavy atom. The van der Waals surface area contributed by atoms with Crippen LogP contribution in [0.4, 0.5) is 0 Å². The molecular weight excluding hydrogens is 322 g/mol. The third-order valence-electron chi connectivity index (χ3n) is 3.92. The highest BCUT2D eigenvalue weighted by Gasteiger charge is 2.34. The number of rotatable bonds is 2. The van der Waals surface area contributed by atoms with Gasteiger partial charge in [-0.25, -0.2) is 9.78 Å². The quantitative estimate of drug-likeness (QED) is 0.846. The second kappa shape index (κ2) is 5.74. The van der Waals surface area contributed by atoms with Crippen molar-refractivity contribution in [3.63, 3.8) is 0 Å². The third-order valence-corrected chi connectivity index (χ3v) is 5.00. The summed E-state index contributed by atoms with van der Waals surface area (Å²) in [6.07, 6.45) is 1.23. The van der Waals surface area contributed by atoms with Gasteiger partial charge in [0.05, 0.1) is 13.2 Å². The molecule has 1 unspecified atom stereocenters. The molecule has 1 amide bonds. The van der Waals surface area contributed by atoms with E-state index in [0.29, 0.717) is 4.96 Å². The Kier molecular flexibility index (Phi) is 3.90. The van der Waals surface area contributed by atoms with Gasteiger partial charge in [-0.1, -0.05) is 0 Å². The summed E-state index contributed by atoms with van der Waals surface area (Å²) in [6, 6.07) is -1.10. The van der Waals surface area contributed by atoms with Crippen molar-refractivity contribution in [2.45, 2.75) is 19.9 Å². The first-order valence-electron chi connectivity index (χ1n) is 7.01. The van der Waals surface area contributed by atoms with E-state index in [9.17, 15) is 19.5 Å². The number of morpholine rings is 1. The molecule has 8 nitrogen and oxygen atoms in total. The van der Waals surface area contributed by atoms with Crippen LogP contribution in [0.5, 0.6) is 0 Å². The maximum atomic E-state index is 12.7. The van der Waals surface area contributed by atoms with Gasteiger partial charge in [0.2, 0.25) is 0 Å². The van der Waals surface area contributed by atoms with E-state index in [-0.39, 0.29) is 25.3 Å². The summed E-state index contributed by atoms with van der Waals surface area (Å²) >= 11 is 1.37. The average Bonchev–Trinajstić information content (AvgIpc) is 2.82. The van der Waals surface area contributed by atoms with E-state index in [1.807, 2.05) is 6.92 Å². The zero-order valence-electron chi connectivity index (χ0n) is 12.6. The number of ether oxygens (including phenoxy) is 1. The van der Waals surface area contributed by atoms with Crippen LogP contribution < -0.4 is 5.56 Å². The van der Waals surface area contributed by atoms with Crippen LogP contribution in [0, 0.1) is 13.8 Å². The van der Waals surface area contributed by atoms with Crippen LogP contribution in [-0.2, 0) is 9.53 Å². The molecule has 0 aromatic carbocycles. The number of aromatic nitrogens is 2. The minimum absolute atomic E-state index is 0.0886. The first-order chi connectivity index (χ1) is 10.9. The zero-order chi connectivity index (χ0) is 16.7. The van der Waals surface area contributed by atoms with E-state index >= 15 is 0 Å². The fourth-order valence-corrected chi connectivity index (χ4v) is 3.46. The molecule has 1 aliphatic heterocycles. The third kappa shape index (κ3) is 2.51. The van der Waals surface area contributed by atoms with Gasteiger partial charge in [-0.15, -0.1) is 11.3 Å². The number of carboxylic acids is 1. The standard InChI is InChI=1S/C14H15N3O5S/c1-7-8(2)23-14-15-5-9(12(19)17(7)14)11(18)16-3-4-22-6-10(16)13(20)21/h5,10H,3-4,6H2,1-2H3,(H,20,21). The van der Waals surface area contributed by atoms with Gasteiger partial charge < -0.3 is 14.7 Å². The number of aliphatic carboxylic acids is 1. The molecule has 1 saturated heterocycles. The van der Waals surface area contributed by atoms with Crippen molar-refractivity contribution >= 4 is 28.2 Å². The smallest absolute Gasteiger partial charge is 0.328 e. The predicted octanol–water partition coefficient (Wildman–Crippen LogP) is 0.298. The lowest BCUT2D eigenvalue weighted by atomic mass is 10.2. The Morgan fingerprint density at radius 2 is 2.17 bits per heavy atom. The molecule has 1 atom stereocenters. The number of thiazole rings is 1. The highest BCUT2D eigenvalue weighted by Crippen LogP contribution is 2.19. The van der Waals surface area contributed by atoms with Crippen molar-refractivity contribution in [3.8, 4) is 0 Å². The minimum atomic E-state index is -1.16. The van der Waals surface area contributed by atoms with Crippen molar-refractivity contribution in [1.29, 1.82) is 0 Å². The van der Waals surface area contributed by atoms with Gasteiger partial charge in [0, 0.05) is 23.3 Å². The van der Waals surface area contributed by atoms with E-state index < -0.39 is 23.5 Å². The molecule has 3 heterocycles. The van der Waals surface area contributed by atoms with Gasteiger partial charge in [0.1, 0.15) is 5.56 Å². The van der Waals surface area contributed by atoms with E-state index in [2.05, 4.69) is 4.98 Å². The summed E-state index contributed by atoms with van der Waals surface area (Å²) in [6.45, 7) is 3.93. The maximum Gasteiger partial charge on any atom is 0.328 e. The largest absolute Gasteiger partial charge is 0.480 e. The SMILES string of the molecule is Cc1sc2ncc(C(=O)N3CCOCC3C(=O)O)c(=O)n2c1C. The van der Waals surface area contributed by atoms with Crippen molar-refractivity contribution in [2.75, 3.05) is 19.8 Å². The Bertz CT molecular complexity index is 856. The molecule has 0 aliphatic carbocycles. The Labute approximate surface area is 134 Å². The average molecular weight is 337 g/mol. The van der Waals surface area contributed by atoms with Gasteiger partial charge >= 0.3 is 5.97 Å². The van der Waals surface area contributed by atoms with Crippen LogP contribution >= 0.6 is 11.3 Å². The highest BCUT2D eigenvalue weighted by molar-refractivity contribution is 7.17. The van der Waals surface area contributed by atoms with Crippen molar-refractivity contribution in [1.82, 2.24) is 14.3 Å². The molecule has 0 bridgehead atoms. The van der Waals surface area contributed by atoms with Crippen molar-refractivity contribution < 1.29 is 19.4 Å². The van der Waals surface area contributed by atoms with E-state index in [1.165, 1.54) is 21.9 Å². The zero-order valence-corrected chi connectivity index (χ0v) is 13.4. The summed E-state index contributed by atoms with van der Waals surface area (Å²) in [5.74, 6) is -1.79. The number of carbonyl (C=O) groups is 2. The van der Waals surface area contributed by atoms with Gasteiger partial charge in [-0.2, -0.15) is 0 Å². The second-order valence-corrected chi connectivity index (χ2v) is 6.45. The Balaban J connectivity index is 2.07.